The van der Waals surface area contributed by atoms with Crippen molar-refractivity contribution in [3.63, 3.8) is 0 Å². The normalized spacial score (nSPS) is 10.7. The Morgan fingerprint density at radius 2 is 1.42 bits per heavy atom. The molecule has 5 nitrogen and oxygen atoms in total. The van der Waals surface area contributed by atoms with Crippen molar-refractivity contribution >= 4 is 40.5 Å². The molecule has 0 radical (unpaired) electrons. The number of rotatable bonds is 4. The Morgan fingerprint density at radius 3 is 1.96 bits per heavy atom. The summed E-state index contributed by atoms with van der Waals surface area (Å²) in [5.41, 5.74) is 1.87. The Labute approximate surface area is 159 Å². The fraction of sp³-hybridized carbons (Fsp3) is 0.250. The van der Waals surface area contributed by atoms with E-state index in [-0.39, 0.29) is 16.9 Å². The second-order valence-electron chi connectivity index (χ2n) is 6.95. The Balaban J connectivity index is 1.87. The standard InChI is InChI=1S/C20H23N3O2S/c1-20(2,3)18(25)23-19(26)22-16-11-9-15(10-12-16)21-17(24)13-14-7-5-4-6-8-14/h4-12H,13H2,1-3H3,(H,21,24)(H2,22,23,25,26). The minimum absolute atomic E-state index is 0.0788. The molecule has 2 aromatic carbocycles. The lowest BCUT2D eigenvalue weighted by Crippen LogP contribution is -2.41. The number of anilines is 2. The summed E-state index contributed by atoms with van der Waals surface area (Å²) in [4.78, 5) is 24.0. The van der Waals surface area contributed by atoms with E-state index in [0.717, 1.165) is 11.3 Å². The highest BCUT2D eigenvalue weighted by molar-refractivity contribution is 7.80. The van der Waals surface area contributed by atoms with Gasteiger partial charge in [-0.05, 0) is 42.0 Å². The van der Waals surface area contributed by atoms with Crippen LogP contribution in [0.4, 0.5) is 11.4 Å². The number of carbonyl (C=O) groups excluding carboxylic acids is 2. The van der Waals surface area contributed by atoms with Gasteiger partial charge < -0.3 is 16.0 Å². The predicted octanol–water partition coefficient (Wildman–Crippen LogP) is 3.73. The SMILES string of the molecule is CC(C)(C)C(=O)NC(=S)Nc1ccc(NC(=O)Cc2ccccc2)cc1. The maximum absolute atomic E-state index is 12.1. The van der Waals surface area contributed by atoms with Crippen LogP contribution in [0.5, 0.6) is 0 Å². The van der Waals surface area contributed by atoms with Crippen molar-refractivity contribution in [1.82, 2.24) is 5.32 Å². The van der Waals surface area contributed by atoms with Crippen molar-refractivity contribution < 1.29 is 9.59 Å². The van der Waals surface area contributed by atoms with Crippen molar-refractivity contribution in [2.24, 2.45) is 5.41 Å². The fourth-order valence-electron chi connectivity index (χ4n) is 2.08. The van der Waals surface area contributed by atoms with Crippen LogP contribution in [0.25, 0.3) is 0 Å². The van der Waals surface area contributed by atoms with Gasteiger partial charge in [0.15, 0.2) is 5.11 Å². The molecule has 6 heteroatoms. The van der Waals surface area contributed by atoms with Gasteiger partial charge in [-0.25, -0.2) is 0 Å². The van der Waals surface area contributed by atoms with Crippen LogP contribution in [0.3, 0.4) is 0 Å². The quantitative estimate of drug-likeness (QED) is 0.718. The maximum Gasteiger partial charge on any atom is 0.231 e. The number of hydrogen-bond donors (Lipinski definition) is 3. The van der Waals surface area contributed by atoms with Crippen LogP contribution < -0.4 is 16.0 Å². The lowest BCUT2D eigenvalue weighted by atomic mass is 9.96. The highest BCUT2D eigenvalue weighted by Gasteiger charge is 2.21. The first-order valence-electron chi connectivity index (χ1n) is 8.30. The first kappa shape index (κ1) is 19.6. The van der Waals surface area contributed by atoms with Gasteiger partial charge in [0.05, 0.1) is 6.42 Å². The zero-order valence-electron chi connectivity index (χ0n) is 15.1. The number of thiocarbonyl (C=S) groups is 1. The Kier molecular flexibility index (Phi) is 6.46. The van der Waals surface area contributed by atoms with Crippen LogP contribution in [-0.2, 0) is 16.0 Å². The van der Waals surface area contributed by atoms with E-state index in [4.69, 9.17) is 12.2 Å². The van der Waals surface area contributed by atoms with Gasteiger partial charge in [-0.1, -0.05) is 51.1 Å². The zero-order chi connectivity index (χ0) is 19.2. The maximum atomic E-state index is 12.1. The third-order valence-corrected chi connectivity index (χ3v) is 3.75. The molecule has 0 aliphatic carbocycles. The molecule has 0 fully saturated rings. The summed E-state index contributed by atoms with van der Waals surface area (Å²) in [6, 6.07) is 16.7. The second kappa shape index (κ2) is 8.58. The van der Waals surface area contributed by atoms with Crippen molar-refractivity contribution in [2.75, 3.05) is 10.6 Å². The Hall–Kier alpha value is -2.73. The molecule has 0 heterocycles. The summed E-state index contributed by atoms with van der Waals surface area (Å²) in [5, 5.41) is 8.70. The fourth-order valence-corrected chi connectivity index (χ4v) is 2.29. The molecule has 0 spiro atoms. The van der Waals surface area contributed by atoms with Gasteiger partial charge in [0, 0.05) is 16.8 Å². The number of nitrogens with one attached hydrogen (secondary N) is 3. The van der Waals surface area contributed by atoms with Gasteiger partial charge in [0.25, 0.3) is 0 Å². The number of hydrogen-bond acceptors (Lipinski definition) is 3. The van der Waals surface area contributed by atoms with Crippen molar-refractivity contribution in [3.05, 3.63) is 60.2 Å². The minimum atomic E-state index is -0.515. The molecule has 0 aliphatic heterocycles. The highest BCUT2D eigenvalue weighted by Crippen LogP contribution is 2.15. The lowest BCUT2D eigenvalue weighted by molar-refractivity contribution is -0.126. The van der Waals surface area contributed by atoms with E-state index in [9.17, 15) is 9.59 Å². The molecule has 3 N–H and O–H groups in total. The van der Waals surface area contributed by atoms with Gasteiger partial charge in [-0.15, -0.1) is 0 Å². The summed E-state index contributed by atoms with van der Waals surface area (Å²) in [7, 11) is 0. The van der Waals surface area contributed by atoms with Crippen molar-refractivity contribution in [3.8, 4) is 0 Å². The first-order valence-corrected chi connectivity index (χ1v) is 8.71. The second-order valence-corrected chi connectivity index (χ2v) is 7.35. The topological polar surface area (TPSA) is 70.2 Å². The molecule has 2 amide bonds. The average molecular weight is 369 g/mol. The summed E-state index contributed by atoms with van der Waals surface area (Å²) in [6.45, 7) is 5.45. The molecule has 0 unspecified atom stereocenters. The van der Waals surface area contributed by atoms with Crippen LogP contribution >= 0.6 is 12.2 Å². The molecule has 2 aromatic rings. The monoisotopic (exact) mass is 369 g/mol. The number of amides is 2. The van der Waals surface area contributed by atoms with E-state index in [2.05, 4.69) is 16.0 Å². The van der Waals surface area contributed by atoms with E-state index in [1.165, 1.54) is 0 Å². The predicted molar refractivity (Wildman–Crippen MR) is 109 cm³/mol. The molecule has 136 valence electrons. The number of benzene rings is 2. The molecule has 0 saturated heterocycles. The van der Waals surface area contributed by atoms with Gasteiger partial charge in [0.2, 0.25) is 11.8 Å². The van der Waals surface area contributed by atoms with Crippen LogP contribution in [0.15, 0.2) is 54.6 Å². The Morgan fingerprint density at radius 1 is 0.885 bits per heavy atom. The molecule has 0 atom stereocenters. The molecular formula is C20H23N3O2S. The van der Waals surface area contributed by atoms with Crippen LogP contribution in [0.1, 0.15) is 26.3 Å². The molecular weight excluding hydrogens is 346 g/mol. The summed E-state index contributed by atoms with van der Waals surface area (Å²) in [6.07, 6.45) is 0.323. The molecule has 0 bridgehead atoms. The Bertz CT molecular complexity index is 781. The zero-order valence-corrected chi connectivity index (χ0v) is 15.9. The summed E-state index contributed by atoms with van der Waals surface area (Å²) < 4.78 is 0. The summed E-state index contributed by atoms with van der Waals surface area (Å²) >= 11 is 5.14. The molecule has 26 heavy (non-hydrogen) atoms. The van der Waals surface area contributed by atoms with E-state index in [0.29, 0.717) is 12.1 Å². The van der Waals surface area contributed by atoms with Gasteiger partial charge >= 0.3 is 0 Å². The molecule has 0 aliphatic rings. The number of carbonyl (C=O) groups is 2. The smallest absolute Gasteiger partial charge is 0.231 e. The van der Waals surface area contributed by atoms with E-state index in [1.807, 2.05) is 51.1 Å². The van der Waals surface area contributed by atoms with Crippen LogP contribution in [-0.4, -0.2) is 16.9 Å². The van der Waals surface area contributed by atoms with Crippen molar-refractivity contribution in [2.45, 2.75) is 27.2 Å². The van der Waals surface area contributed by atoms with Crippen LogP contribution in [0.2, 0.25) is 0 Å². The van der Waals surface area contributed by atoms with Gasteiger partial charge in [-0.3, -0.25) is 9.59 Å². The highest BCUT2D eigenvalue weighted by atomic mass is 32.1. The van der Waals surface area contributed by atoms with E-state index < -0.39 is 5.41 Å². The van der Waals surface area contributed by atoms with Crippen molar-refractivity contribution in [1.29, 1.82) is 0 Å². The van der Waals surface area contributed by atoms with E-state index in [1.54, 1.807) is 24.3 Å². The third-order valence-electron chi connectivity index (χ3n) is 3.54. The van der Waals surface area contributed by atoms with E-state index >= 15 is 0 Å². The first-order chi connectivity index (χ1) is 12.2. The molecule has 0 saturated carbocycles. The minimum Gasteiger partial charge on any atom is -0.332 e. The summed E-state index contributed by atoms with van der Waals surface area (Å²) in [5.74, 6) is -0.232. The van der Waals surface area contributed by atoms with Gasteiger partial charge in [-0.2, -0.15) is 0 Å². The average Bonchev–Trinajstić information content (AvgIpc) is 2.56. The molecule has 2 rings (SSSR count). The van der Waals surface area contributed by atoms with Crippen LogP contribution in [0, 0.1) is 5.41 Å². The van der Waals surface area contributed by atoms with Gasteiger partial charge in [0.1, 0.15) is 0 Å². The lowest BCUT2D eigenvalue weighted by Gasteiger charge is -2.18. The largest absolute Gasteiger partial charge is 0.332 e. The third kappa shape index (κ3) is 6.29. The molecule has 0 aromatic heterocycles.